The van der Waals surface area contributed by atoms with Crippen molar-refractivity contribution in [2.45, 2.75) is 19.9 Å². The summed E-state index contributed by atoms with van der Waals surface area (Å²) < 4.78 is 10.7. The molecule has 1 N–H and O–H groups in total. The van der Waals surface area contributed by atoms with Crippen LogP contribution in [0.5, 0.6) is 11.5 Å². The van der Waals surface area contributed by atoms with E-state index in [9.17, 15) is 0 Å². The monoisotopic (exact) mass is 273 g/mol. The van der Waals surface area contributed by atoms with Gasteiger partial charge in [-0.2, -0.15) is 0 Å². The molecule has 2 aromatic rings. The molecule has 5 heteroatoms. The Bertz CT molecular complexity index is 526. The lowest BCUT2D eigenvalue weighted by Gasteiger charge is -2.15. The summed E-state index contributed by atoms with van der Waals surface area (Å²) in [5.74, 6) is 2.06. The predicted molar refractivity (Wildman–Crippen MR) is 78.3 cm³/mol. The predicted octanol–water partition coefficient (Wildman–Crippen LogP) is 2.67. The van der Waals surface area contributed by atoms with Gasteiger partial charge in [0.15, 0.2) is 5.75 Å². The minimum Gasteiger partial charge on any atom is -0.494 e. The van der Waals surface area contributed by atoms with Crippen molar-refractivity contribution in [2.24, 2.45) is 0 Å². The molecule has 1 aromatic heterocycles. The number of ether oxygens (including phenoxy) is 2. The number of benzene rings is 1. The Balaban J connectivity index is 1.82. The van der Waals surface area contributed by atoms with Gasteiger partial charge in [-0.1, -0.05) is 17.7 Å². The molecule has 0 aliphatic heterocycles. The van der Waals surface area contributed by atoms with Crippen LogP contribution in [0.1, 0.15) is 12.5 Å². The molecule has 20 heavy (non-hydrogen) atoms. The van der Waals surface area contributed by atoms with Crippen LogP contribution in [-0.4, -0.2) is 29.7 Å². The molecule has 0 bridgehead atoms. The van der Waals surface area contributed by atoms with Crippen LogP contribution in [-0.2, 0) is 0 Å². The number of aryl methyl sites for hydroxylation is 1. The second-order valence-electron chi connectivity index (χ2n) is 4.62. The maximum Gasteiger partial charge on any atom is 0.223 e. The highest BCUT2D eigenvalue weighted by Gasteiger charge is 2.05. The summed E-state index contributed by atoms with van der Waals surface area (Å²) >= 11 is 0. The first-order valence-corrected chi connectivity index (χ1v) is 6.49. The second kappa shape index (κ2) is 6.75. The highest BCUT2D eigenvalue weighted by atomic mass is 16.5. The van der Waals surface area contributed by atoms with E-state index in [1.807, 2.05) is 31.2 Å². The van der Waals surface area contributed by atoms with E-state index in [0.717, 1.165) is 5.75 Å². The molecule has 1 aromatic carbocycles. The lowest BCUT2D eigenvalue weighted by molar-refractivity contribution is 0.303. The van der Waals surface area contributed by atoms with Crippen LogP contribution >= 0.6 is 0 Å². The summed E-state index contributed by atoms with van der Waals surface area (Å²) in [5, 5.41) is 3.17. The van der Waals surface area contributed by atoms with E-state index in [1.54, 1.807) is 19.5 Å². The van der Waals surface area contributed by atoms with Crippen molar-refractivity contribution in [2.75, 3.05) is 19.0 Å². The zero-order valence-corrected chi connectivity index (χ0v) is 12.0. The molecule has 5 nitrogen and oxygen atoms in total. The molecule has 0 spiro atoms. The van der Waals surface area contributed by atoms with E-state index in [2.05, 4.69) is 22.2 Å². The second-order valence-corrected chi connectivity index (χ2v) is 4.62. The average Bonchev–Trinajstić information content (AvgIpc) is 2.47. The largest absolute Gasteiger partial charge is 0.494 e. The number of methoxy groups -OCH3 is 1. The third-order valence-electron chi connectivity index (χ3n) is 2.76. The van der Waals surface area contributed by atoms with Gasteiger partial charge in [0.05, 0.1) is 25.5 Å². The third kappa shape index (κ3) is 4.12. The fourth-order valence-electron chi connectivity index (χ4n) is 1.61. The number of anilines is 1. The molecule has 0 aliphatic carbocycles. The molecule has 1 atom stereocenters. The van der Waals surface area contributed by atoms with E-state index in [1.165, 1.54) is 5.56 Å². The number of nitrogens with zero attached hydrogens (tertiary/aromatic N) is 2. The molecule has 0 fully saturated rings. The molecular weight excluding hydrogens is 254 g/mol. The Morgan fingerprint density at radius 3 is 2.35 bits per heavy atom. The molecule has 1 heterocycles. The van der Waals surface area contributed by atoms with Crippen LogP contribution in [0.25, 0.3) is 0 Å². The molecular formula is C15H19N3O2. The van der Waals surface area contributed by atoms with Crippen LogP contribution in [0.3, 0.4) is 0 Å². The molecule has 106 valence electrons. The first-order chi connectivity index (χ1) is 9.67. The van der Waals surface area contributed by atoms with E-state index in [4.69, 9.17) is 9.47 Å². The van der Waals surface area contributed by atoms with E-state index < -0.39 is 0 Å². The highest BCUT2D eigenvalue weighted by molar-refractivity contribution is 5.29. The van der Waals surface area contributed by atoms with Gasteiger partial charge in [-0.3, -0.25) is 0 Å². The summed E-state index contributed by atoms with van der Waals surface area (Å²) in [6, 6.07) is 8.09. The van der Waals surface area contributed by atoms with Gasteiger partial charge in [-0.15, -0.1) is 0 Å². The number of rotatable bonds is 6. The van der Waals surface area contributed by atoms with Gasteiger partial charge in [0, 0.05) is 0 Å². The topological polar surface area (TPSA) is 56.3 Å². The zero-order chi connectivity index (χ0) is 14.4. The van der Waals surface area contributed by atoms with Gasteiger partial charge in [0.1, 0.15) is 12.4 Å². The number of nitrogens with one attached hydrogen (secondary N) is 1. The summed E-state index contributed by atoms with van der Waals surface area (Å²) in [5.41, 5.74) is 1.22. The molecule has 0 amide bonds. The Hall–Kier alpha value is -2.30. The number of aromatic nitrogens is 2. The summed E-state index contributed by atoms with van der Waals surface area (Å²) in [6.07, 6.45) is 3.26. The van der Waals surface area contributed by atoms with Crippen molar-refractivity contribution in [3.05, 3.63) is 42.2 Å². The van der Waals surface area contributed by atoms with Crippen molar-refractivity contribution < 1.29 is 9.47 Å². The molecule has 0 saturated carbocycles. The molecule has 2 rings (SSSR count). The van der Waals surface area contributed by atoms with Gasteiger partial charge < -0.3 is 14.8 Å². The van der Waals surface area contributed by atoms with Gasteiger partial charge >= 0.3 is 0 Å². The van der Waals surface area contributed by atoms with Crippen molar-refractivity contribution in [1.29, 1.82) is 0 Å². The van der Waals surface area contributed by atoms with Crippen molar-refractivity contribution in [3.63, 3.8) is 0 Å². The standard InChI is InChI=1S/C15H19N3O2/c1-11-4-6-13(7-5-11)20-10-12(2)18-15-16-8-14(19-3)9-17-15/h4-9,12H,10H2,1-3H3,(H,16,17,18). The van der Waals surface area contributed by atoms with Crippen LogP contribution in [0.2, 0.25) is 0 Å². The first kappa shape index (κ1) is 14.1. The fraction of sp³-hybridized carbons (Fsp3) is 0.333. The molecule has 0 radical (unpaired) electrons. The lowest BCUT2D eigenvalue weighted by Crippen LogP contribution is -2.24. The highest BCUT2D eigenvalue weighted by Crippen LogP contribution is 2.12. The van der Waals surface area contributed by atoms with Gasteiger partial charge in [0.2, 0.25) is 5.95 Å². The Kier molecular flexibility index (Phi) is 4.76. The minimum atomic E-state index is 0.102. The number of hydrogen-bond acceptors (Lipinski definition) is 5. The molecule has 1 unspecified atom stereocenters. The van der Waals surface area contributed by atoms with Crippen molar-refractivity contribution in [1.82, 2.24) is 9.97 Å². The maximum atomic E-state index is 5.70. The SMILES string of the molecule is COc1cnc(NC(C)COc2ccc(C)cc2)nc1. The van der Waals surface area contributed by atoms with Crippen LogP contribution in [0.4, 0.5) is 5.95 Å². The van der Waals surface area contributed by atoms with Crippen LogP contribution in [0.15, 0.2) is 36.7 Å². The summed E-state index contributed by atoms with van der Waals surface area (Å²) in [4.78, 5) is 8.31. The molecule has 0 aliphatic rings. The average molecular weight is 273 g/mol. The van der Waals surface area contributed by atoms with Crippen molar-refractivity contribution >= 4 is 5.95 Å². The van der Waals surface area contributed by atoms with Crippen LogP contribution in [0, 0.1) is 6.92 Å². The maximum absolute atomic E-state index is 5.70. The fourth-order valence-corrected chi connectivity index (χ4v) is 1.61. The quantitative estimate of drug-likeness (QED) is 0.877. The minimum absolute atomic E-state index is 0.102. The Labute approximate surface area is 119 Å². The smallest absolute Gasteiger partial charge is 0.223 e. The summed E-state index contributed by atoms with van der Waals surface area (Å²) in [7, 11) is 1.59. The first-order valence-electron chi connectivity index (χ1n) is 6.49. The lowest BCUT2D eigenvalue weighted by atomic mass is 10.2. The van der Waals surface area contributed by atoms with E-state index in [0.29, 0.717) is 18.3 Å². The normalized spacial score (nSPS) is 11.8. The van der Waals surface area contributed by atoms with Crippen molar-refractivity contribution in [3.8, 4) is 11.5 Å². The zero-order valence-electron chi connectivity index (χ0n) is 12.0. The summed E-state index contributed by atoms with van der Waals surface area (Å²) in [6.45, 7) is 4.61. The van der Waals surface area contributed by atoms with E-state index in [-0.39, 0.29) is 6.04 Å². The van der Waals surface area contributed by atoms with Gasteiger partial charge in [-0.25, -0.2) is 9.97 Å². The van der Waals surface area contributed by atoms with Crippen LogP contribution < -0.4 is 14.8 Å². The Morgan fingerprint density at radius 2 is 1.75 bits per heavy atom. The van der Waals surface area contributed by atoms with Gasteiger partial charge in [0.25, 0.3) is 0 Å². The third-order valence-corrected chi connectivity index (χ3v) is 2.76. The number of hydrogen-bond donors (Lipinski definition) is 1. The Morgan fingerprint density at radius 1 is 1.10 bits per heavy atom. The van der Waals surface area contributed by atoms with E-state index >= 15 is 0 Å². The van der Waals surface area contributed by atoms with Gasteiger partial charge in [-0.05, 0) is 26.0 Å². The molecule has 0 saturated heterocycles.